The molecular weight excluding hydrogens is 348 g/mol. The van der Waals surface area contributed by atoms with Crippen LogP contribution < -0.4 is 5.14 Å². The number of rotatable bonds is 2. The molecule has 4 nitrogen and oxygen atoms in total. The first kappa shape index (κ1) is 12.6. The fourth-order valence-electron chi connectivity index (χ4n) is 0.907. The topological polar surface area (TPSA) is 73.1 Å². The molecule has 0 fully saturated rings. The van der Waals surface area contributed by atoms with Crippen molar-refractivity contribution in [1.82, 2.24) is 4.98 Å². The Morgan fingerprint density at radius 1 is 1.47 bits per heavy atom. The first-order valence-electron chi connectivity index (χ1n) is 3.40. The highest BCUT2D eigenvalue weighted by Gasteiger charge is 2.26. The molecule has 84 valence electrons. The van der Waals surface area contributed by atoms with E-state index in [0.717, 1.165) is 0 Å². The van der Waals surface area contributed by atoms with Gasteiger partial charge in [-0.25, -0.2) is 27.3 Å². The molecule has 0 atom stereocenters. The number of nitrogens with two attached hydrogens (primary N) is 1. The molecule has 0 aliphatic heterocycles. The highest BCUT2D eigenvalue weighted by Crippen LogP contribution is 2.29. The number of aromatic nitrogens is 1. The van der Waals surface area contributed by atoms with Crippen molar-refractivity contribution in [1.29, 1.82) is 0 Å². The van der Waals surface area contributed by atoms with E-state index < -0.39 is 36.4 Å². The van der Waals surface area contributed by atoms with Crippen LogP contribution in [-0.2, 0) is 10.0 Å². The Hall–Kier alpha value is -0.420. The van der Waals surface area contributed by atoms with Gasteiger partial charge in [0, 0.05) is 6.20 Å². The van der Waals surface area contributed by atoms with Gasteiger partial charge in [0.05, 0.1) is 9.13 Å². The first-order valence-corrected chi connectivity index (χ1v) is 6.02. The molecule has 0 aromatic carbocycles. The summed E-state index contributed by atoms with van der Waals surface area (Å²) in [6, 6.07) is 0. The quantitative estimate of drug-likeness (QED) is 0.646. The largest absolute Gasteiger partial charge is 0.266 e. The summed E-state index contributed by atoms with van der Waals surface area (Å²) in [5.74, 6) is -1.15. The van der Waals surface area contributed by atoms with Crippen LogP contribution in [0.1, 0.15) is 12.0 Å². The maximum atomic E-state index is 12.9. The molecule has 1 rings (SSSR count). The molecule has 0 radical (unpaired) electrons. The Balaban J connectivity index is 3.65. The Morgan fingerprint density at radius 3 is 2.40 bits per heavy atom. The van der Waals surface area contributed by atoms with Gasteiger partial charge in [0.25, 0.3) is 6.43 Å². The second-order valence-electron chi connectivity index (χ2n) is 2.49. The average Bonchev–Trinajstić information content (AvgIpc) is 2.06. The maximum Gasteiger partial charge on any atom is 0.266 e. The molecule has 0 amide bonds. The van der Waals surface area contributed by atoms with Crippen LogP contribution in [0.3, 0.4) is 0 Å². The van der Waals surface area contributed by atoms with E-state index >= 15 is 0 Å². The predicted octanol–water partition coefficient (Wildman–Crippen LogP) is 1.41. The van der Waals surface area contributed by atoms with Crippen LogP contribution in [-0.4, -0.2) is 13.4 Å². The van der Waals surface area contributed by atoms with Gasteiger partial charge in [0.1, 0.15) is 4.90 Å². The number of hydrogen-bond acceptors (Lipinski definition) is 3. The van der Waals surface area contributed by atoms with Gasteiger partial charge in [-0.1, -0.05) is 0 Å². The van der Waals surface area contributed by atoms with E-state index in [4.69, 9.17) is 5.14 Å². The fraction of sp³-hybridized carbons (Fsp3) is 0.167. The van der Waals surface area contributed by atoms with E-state index in [1.807, 2.05) is 0 Å². The van der Waals surface area contributed by atoms with E-state index in [1.54, 1.807) is 0 Å². The van der Waals surface area contributed by atoms with Crippen molar-refractivity contribution in [3.63, 3.8) is 0 Å². The third-order valence-electron chi connectivity index (χ3n) is 1.48. The first-order chi connectivity index (χ1) is 6.75. The number of hydrogen-bond donors (Lipinski definition) is 1. The molecule has 0 spiro atoms. The minimum absolute atomic E-state index is 0.460. The number of sulfonamides is 1. The third-order valence-corrected chi connectivity index (χ3v) is 3.84. The van der Waals surface area contributed by atoms with E-state index in [1.165, 1.54) is 22.6 Å². The zero-order valence-electron chi connectivity index (χ0n) is 6.92. The second kappa shape index (κ2) is 4.22. The summed E-state index contributed by atoms with van der Waals surface area (Å²) in [7, 11) is -4.40. The minimum Gasteiger partial charge on any atom is -0.227 e. The van der Waals surface area contributed by atoms with Gasteiger partial charge in [-0.05, 0) is 22.6 Å². The van der Waals surface area contributed by atoms with E-state index in [2.05, 4.69) is 4.98 Å². The SMILES string of the molecule is NS(=O)(=O)c1c(C(F)F)cnc(F)c1I. The average molecular weight is 352 g/mol. The lowest BCUT2D eigenvalue weighted by molar-refractivity contribution is 0.147. The minimum atomic E-state index is -4.40. The molecular formula is C6H4F3IN2O2S. The highest BCUT2D eigenvalue weighted by atomic mass is 127. The maximum absolute atomic E-state index is 12.9. The Bertz CT molecular complexity index is 491. The summed E-state index contributed by atoms with van der Waals surface area (Å²) in [6.07, 6.45) is -2.62. The summed E-state index contributed by atoms with van der Waals surface area (Å²) in [4.78, 5) is 2.09. The molecule has 0 saturated heterocycles. The number of nitrogens with zero attached hydrogens (tertiary/aromatic N) is 1. The van der Waals surface area contributed by atoms with Crippen LogP contribution in [0.25, 0.3) is 0 Å². The van der Waals surface area contributed by atoms with Gasteiger partial charge in [-0.15, -0.1) is 0 Å². The monoisotopic (exact) mass is 352 g/mol. The normalized spacial score (nSPS) is 12.1. The lowest BCUT2D eigenvalue weighted by Crippen LogP contribution is -2.18. The van der Waals surface area contributed by atoms with Crippen LogP contribution in [0.2, 0.25) is 0 Å². The summed E-state index contributed by atoms with van der Waals surface area (Å²) < 4.78 is 59.1. The molecule has 0 unspecified atom stereocenters. The van der Waals surface area contributed by atoms with Gasteiger partial charge in [0.15, 0.2) is 0 Å². The summed E-state index contributed by atoms with van der Waals surface area (Å²) in [5, 5.41) is 4.70. The summed E-state index contributed by atoms with van der Waals surface area (Å²) >= 11 is 1.26. The van der Waals surface area contributed by atoms with Crippen LogP contribution >= 0.6 is 22.6 Å². The van der Waals surface area contributed by atoms with Crippen molar-refractivity contribution < 1.29 is 21.6 Å². The highest BCUT2D eigenvalue weighted by molar-refractivity contribution is 14.1. The van der Waals surface area contributed by atoms with Gasteiger partial charge in [-0.2, -0.15) is 4.39 Å². The standard InChI is InChI=1S/C6H4F3IN2O2S/c7-5(8)2-1-12-6(9)3(10)4(2)15(11,13)14/h1,5H,(H2,11,13,14). The Morgan fingerprint density at radius 2 is 2.00 bits per heavy atom. The van der Waals surface area contributed by atoms with Crippen molar-refractivity contribution >= 4 is 32.6 Å². The van der Waals surface area contributed by atoms with Crippen LogP contribution in [0.5, 0.6) is 0 Å². The van der Waals surface area contributed by atoms with Crippen molar-refractivity contribution in [2.24, 2.45) is 5.14 Å². The molecule has 1 aromatic rings. The molecule has 2 N–H and O–H groups in total. The number of primary sulfonamides is 1. The van der Waals surface area contributed by atoms with Gasteiger partial charge in [-0.3, -0.25) is 0 Å². The van der Waals surface area contributed by atoms with Crippen LogP contribution in [0.4, 0.5) is 13.2 Å². The van der Waals surface area contributed by atoms with Crippen molar-refractivity contribution in [3.05, 3.63) is 21.3 Å². The number of alkyl halides is 2. The van der Waals surface area contributed by atoms with Gasteiger partial charge in [0.2, 0.25) is 16.0 Å². The fourth-order valence-corrected chi connectivity index (χ4v) is 3.08. The van der Waals surface area contributed by atoms with E-state index in [9.17, 15) is 21.6 Å². The molecule has 9 heteroatoms. The zero-order chi connectivity index (χ0) is 11.8. The lowest BCUT2D eigenvalue weighted by atomic mass is 10.3. The van der Waals surface area contributed by atoms with Crippen LogP contribution in [0.15, 0.2) is 11.1 Å². The predicted molar refractivity (Wildman–Crippen MR) is 53.2 cm³/mol. The lowest BCUT2D eigenvalue weighted by Gasteiger charge is -2.08. The molecule has 1 heterocycles. The number of pyridine rings is 1. The molecule has 0 bridgehead atoms. The second-order valence-corrected chi connectivity index (χ2v) is 5.07. The Kier molecular flexibility index (Phi) is 3.55. The van der Waals surface area contributed by atoms with Gasteiger partial charge < -0.3 is 0 Å². The van der Waals surface area contributed by atoms with Crippen molar-refractivity contribution in [2.45, 2.75) is 11.3 Å². The van der Waals surface area contributed by atoms with E-state index in [0.29, 0.717) is 6.20 Å². The van der Waals surface area contributed by atoms with E-state index in [-0.39, 0.29) is 0 Å². The third kappa shape index (κ3) is 2.58. The molecule has 1 aromatic heterocycles. The summed E-state index contributed by atoms with van der Waals surface area (Å²) in [5.41, 5.74) is -0.900. The molecule has 0 saturated carbocycles. The van der Waals surface area contributed by atoms with Crippen molar-refractivity contribution in [3.8, 4) is 0 Å². The van der Waals surface area contributed by atoms with Crippen LogP contribution in [0, 0.1) is 9.52 Å². The zero-order valence-corrected chi connectivity index (χ0v) is 9.89. The number of halogens is 4. The smallest absolute Gasteiger partial charge is 0.227 e. The van der Waals surface area contributed by atoms with Gasteiger partial charge >= 0.3 is 0 Å². The molecule has 15 heavy (non-hydrogen) atoms. The Labute approximate surface area is 96.9 Å². The molecule has 0 aliphatic carbocycles. The van der Waals surface area contributed by atoms with Crippen molar-refractivity contribution in [2.75, 3.05) is 0 Å². The summed E-state index contributed by atoms with van der Waals surface area (Å²) in [6.45, 7) is 0. The molecule has 0 aliphatic rings.